The van der Waals surface area contributed by atoms with Gasteiger partial charge >= 0.3 is 0 Å². The summed E-state index contributed by atoms with van der Waals surface area (Å²) in [6.07, 6.45) is 0.821. The second-order valence-corrected chi connectivity index (χ2v) is 7.44. The lowest BCUT2D eigenvalue weighted by molar-refractivity contribution is 0.0963. The molecule has 1 amide bonds. The van der Waals surface area contributed by atoms with Crippen molar-refractivity contribution in [1.29, 1.82) is 0 Å². The van der Waals surface area contributed by atoms with E-state index >= 15 is 0 Å². The summed E-state index contributed by atoms with van der Waals surface area (Å²) in [5.74, 6) is 1.67. The van der Waals surface area contributed by atoms with E-state index in [9.17, 15) is 4.79 Å². The molecule has 2 aromatic carbocycles. The summed E-state index contributed by atoms with van der Waals surface area (Å²) < 4.78 is 0. The zero-order valence-corrected chi connectivity index (χ0v) is 20.8. The molecule has 2 rings (SSSR count). The number of rotatable bonds is 9. The van der Waals surface area contributed by atoms with Crippen LogP contribution in [0.4, 0.5) is 0 Å². The lowest BCUT2D eigenvalue weighted by Crippen LogP contribution is -2.38. The average molecular weight is 522 g/mol. The molecule has 0 aliphatic heterocycles. The van der Waals surface area contributed by atoms with Crippen LogP contribution in [0.5, 0.6) is 0 Å². The van der Waals surface area contributed by atoms with Crippen LogP contribution in [0.2, 0.25) is 0 Å². The van der Waals surface area contributed by atoms with Gasteiger partial charge in [-0.2, -0.15) is 0 Å². The molecular formula is C24H35IN4O. The van der Waals surface area contributed by atoms with Crippen LogP contribution in [0.3, 0.4) is 0 Å². The van der Waals surface area contributed by atoms with E-state index in [2.05, 4.69) is 67.1 Å². The summed E-state index contributed by atoms with van der Waals surface area (Å²) in [5, 5.41) is 9.41. The minimum Gasteiger partial charge on any atom is -0.357 e. The SMILES string of the molecule is CCNC(=NCC(c1ccccc1)C(C)C)NCCc1cccc(C(=O)NC)c1.I. The van der Waals surface area contributed by atoms with Crippen LogP contribution in [-0.2, 0) is 6.42 Å². The minimum absolute atomic E-state index is 0. The number of nitrogens with one attached hydrogen (secondary N) is 3. The number of halogens is 1. The lowest BCUT2D eigenvalue weighted by atomic mass is 9.88. The summed E-state index contributed by atoms with van der Waals surface area (Å²) >= 11 is 0. The number of hydrogen-bond donors (Lipinski definition) is 3. The van der Waals surface area contributed by atoms with Gasteiger partial charge in [-0.15, -0.1) is 24.0 Å². The van der Waals surface area contributed by atoms with E-state index in [0.717, 1.165) is 37.6 Å². The fourth-order valence-electron chi connectivity index (χ4n) is 3.27. The molecule has 1 unspecified atom stereocenters. The monoisotopic (exact) mass is 522 g/mol. The number of nitrogens with zero attached hydrogens (tertiary/aromatic N) is 1. The first kappa shape index (κ1) is 25.9. The van der Waals surface area contributed by atoms with Crippen LogP contribution in [0.15, 0.2) is 59.6 Å². The van der Waals surface area contributed by atoms with Crippen molar-refractivity contribution in [3.63, 3.8) is 0 Å². The van der Waals surface area contributed by atoms with Crippen LogP contribution in [0.1, 0.15) is 48.2 Å². The van der Waals surface area contributed by atoms with Gasteiger partial charge < -0.3 is 16.0 Å². The minimum atomic E-state index is -0.0599. The third-order valence-corrected chi connectivity index (χ3v) is 4.95. The Bertz CT molecular complexity index is 793. The van der Waals surface area contributed by atoms with E-state index in [1.165, 1.54) is 5.56 Å². The van der Waals surface area contributed by atoms with Gasteiger partial charge in [-0.1, -0.05) is 56.3 Å². The summed E-state index contributed by atoms with van der Waals surface area (Å²) in [6.45, 7) is 8.86. The van der Waals surface area contributed by atoms with E-state index in [4.69, 9.17) is 4.99 Å². The van der Waals surface area contributed by atoms with Crippen molar-refractivity contribution in [1.82, 2.24) is 16.0 Å². The van der Waals surface area contributed by atoms with Crippen LogP contribution >= 0.6 is 24.0 Å². The van der Waals surface area contributed by atoms with Gasteiger partial charge in [0, 0.05) is 38.2 Å². The van der Waals surface area contributed by atoms with Crippen LogP contribution < -0.4 is 16.0 Å². The van der Waals surface area contributed by atoms with Crippen molar-refractivity contribution in [2.75, 3.05) is 26.7 Å². The molecule has 0 heterocycles. The van der Waals surface area contributed by atoms with E-state index in [1.54, 1.807) is 7.05 Å². The molecule has 1 atom stereocenters. The van der Waals surface area contributed by atoms with E-state index in [1.807, 2.05) is 24.3 Å². The highest BCUT2D eigenvalue weighted by Gasteiger charge is 2.15. The Morgan fingerprint density at radius 1 is 1.03 bits per heavy atom. The second kappa shape index (κ2) is 14.0. The van der Waals surface area contributed by atoms with Gasteiger partial charge in [-0.3, -0.25) is 9.79 Å². The van der Waals surface area contributed by atoms with Crippen LogP contribution in [0, 0.1) is 5.92 Å². The average Bonchev–Trinajstić information content (AvgIpc) is 2.74. The first-order chi connectivity index (χ1) is 14.0. The molecule has 164 valence electrons. The van der Waals surface area contributed by atoms with E-state index in [-0.39, 0.29) is 29.9 Å². The molecule has 3 N–H and O–H groups in total. The molecule has 6 heteroatoms. The lowest BCUT2D eigenvalue weighted by Gasteiger charge is -2.20. The molecule has 0 radical (unpaired) electrons. The van der Waals surface area contributed by atoms with Crippen molar-refractivity contribution in [2.24, 2.45) is 10.9 Å². The number of carbonyl (C=O) groups excluding carboxylic acids is 1. The largest absolute Gasteiger partial charge is 0.357 e. The maximum atomic E-state index is 11.8. The molecule has 0 aromatic heterocycles. The summed E-state index contributed by atoms with van der Waals surface area (Å²) in [5.41, 5.74) is 3.14. The Labute approximate surface area is 198 Å². The second-order valence-electron chi connectivity index (χ2n) is 7.44. The normalized spacial score (nSPS) is 12.1. The standard InChI is InChI=1S/C24H34N4O.HI/c1-5-26-24(28-17-22(18(2)3)20-11-7-6-8-12-20)27-15-14-19-10-9-13-21(16-19)23(29)25-4;/h6-13,16,18,22H,5,14-15,17H2,1-4H3,(H,25,29)(H2,26,27,28);1H. The first-order valence-electron chi connectivity index (χ1n) is 10.4. The molecule has 5 nitrogen and oxygen atoms in total. The first-order valence-corrected chi connectivity index (χ1v) is 10.4. The molecular weight excluding hydrogens is 487 g/mol. The number of guanidine groups is 1. The Morgan fingerprint density at radius 2 is 1.77 bits per heavy atom. The third-order valence-electron chi connectivity index (χ3n) is 4.95. The highest BCUT2D eigenvalue weighted by molar-refractivity contribution is 14.0. The number of benzene rings is 2. The Hall–Kier alpha value is -2.09. The van der Waals surface area contributed by atoms with E-state index in [0.29, 0.717) is 17.4 Å². The highest BCUT2D eigenvalue weighted by atomic mass is 127. The zero-order valence-electron chi connectivity index (χ0n) is 18.4. The van der Waals surface area contributed by atoms with Gasteiger partial charge in [0.2, 0.25) is 0 Å². The molecule has 0 bridgehead atoms. The summed E-state index contributed by atoms with van der Waals surface area (Å²) in [6, 6.07) is 18.3. The predicted octanol–water partition coefficient (Wildman–Crippen LogP) is 4.20. The van der Waals surface area contributed by atoms with E-state index < -0.39 is 0 Å². The highest BCUT2D eigenvalue weighted by Crippen LogP contribution is 2.24. The third kappa shape index (κ3) is 8.34. The molecule has 0 saturated heterocycles. The van der Waals surface area contributed by atoms with Crippen LogP contribution in [0.25, 0.3) is 0 Å². The number of hydrogen-bond acceptors (Lipinski definition) is 2. The summed E-state index contributed by atoms with van der Waals surface area (Å²) in [7, 11) is 1.65. The predicted molar refractivity (Wildman–Crippen MR) is 137 cm³/mol. The molecule has 0 fully saturated rings. The molecule has 30 heavy (non-hydrogen) atoms. The number of aliphatic imine (C=N–C) groups is 1. The van der Waals surface area contributed by atoms with Crippen LogP contribution in [-0.4, -0.2) is 38.5 Å². The van der Waals surface area contributed by atoms with Crippen molar-refractivity contribution < 1.29 is 4.79 Å². The topological polar surface area (TPSA) is 65.5 Å². The van der Waals surface area contributed by atoms with Gasteiger partial charge in [0.1, 0.15) is 0 Å². The quantitative estimate of drug-likeness (QED) is 0.263. The smallest absolute Gasteiger partial charge is 0.251 e. The van der Waals surface area contributed by atoms with Crippen molar-refractivity contribution in [3.8, 4) is 0 Å². The Kier molecular flexibility index (Phi) is 12.1. The fourth-order valence-corrected chi connectivity index (χ4v) is 3.27. The van der Waals surface area contributed by atoms with Gasteiger partial charge in [0.05, 0.1) is 0 Å². The Balaban J connectivity index is 0.00000450. The molecule has 0 spiro atoms. The van der Waals surface area contributed by atoms with Gasteiger partial charge in [-0.25, -0.2) is 0 Å². The van der Waals surface area contributed by atoms with Gasteiger partial charge in [0.15, 0.2) is 5.96 Å². The maximum Gasteiger partial charge on any atom is 0.251 e. The molecule has 0 aliphatic carbocycles. The van der Waals surface area contributed by atoms with Crippen molar-refractivity contribution in [2.45, 2.75) is 33.1 Å². The zero-order chi connectivity index (χ0) is 21.1. The molecule has 2 aromatic rings. The molecule has 0 saturated carbocycles. The van der Waals surface area contributed by atoms with Crippen molar-refractivity contribution >= 4 is 35.8 Å². The maximum absolute atomic E-state index is 11.8. The molecule has 0 aliphatic rings. The van der Waals surface area contributed by atoms with Crippen molar-refractivity contribution in [3.05, 3.63) is 71.3 Å². The summed E-state index contributed by atoms with van der Waals surface area (Å²) in [4.78, 5) is 16.6. The van der Waals surface area contributed by atoms with Gasteiger partial charge in [0.25, 0.3) is 5.91 Å². The fraction of sp³-hybridized carbons (Fsp3) is 0.417. The number of carbonyl (C=O) groups is 1. The van der Waals surface area contributed by atoms with Gasteiger partial charge in [-0.05, 0) is 42.5 Å². The Morgan fingerprint density at radius 3 is 2.40 bits per heavy atom. The number of amides is 1.